The molecule has 6 rings (SSSR count). The van der Waals surface area contributed by atoms with Crippen LogP contribution in [0.4, 0.5) is 13.2 Å². The smallest absolute Gasteiger partial charge is 0.416 e. The van der Waals surface area contributed by atoms with Gasteiger partial charge in [-0.05, 0) is 72.4 Å². The van der Waals surface area contributed by atoms with E-state index in [0.717, 1.165) is 18.6 Å². The summed E-state index contributed by atoms with van der Waals surface area (Å²) in [6.07, 6.45) is -1.24. The van der Waals surface area contributed by atoms with Crippen LogP contribution in [0.1, 0.15) is 63.4 Å². The van der Waals surface area contributed by atoms with E-state index in [1.807, 2.05) is 13.8 Å². The lowest BCUT2D eigenvalue weighted by atomic mass is 9.70. The Kier molecular flexibility index (Phi) is 5.64. The SMILES string of the molecule is CC1(C)[C@H]2CC[C@]1(CS(=O)(=O)N1CCC[C@H]1c1nc3cc(-c4ccc(C(F)(F)F)cc4)ccc3o1)C(=O)C2. The highest BCUT2D eigenvalue weighted by atomic mass is 32.2. The summed E-state index contributed by atoms with van der Waals surface area (Å²) in [5.41, 5.74) is 0.353. The number of hydrogen-bond donors (Lipinski definition) is 0. The van der Waals surface area contributed by atoms with Gasteiger partial charge in [0, 0.05) is 18.4 Å². The Balaban J connectivity index is 1.28. The predicted molar refractivity (Wildman–Crippen MR) is 135 cm³/mol. The van der Waals surface area contributed by atoms with Crippen LogP contribution >= 0.6 is 0 Å². The fourth-order valence-corrected chi connectivity index (χ4v) is 9.40. The third-order valence-electron chi connectivity index (χ3n) is 9.36. The van der Waals surface area contributed by atoms with Crippen molar-refractivity contribution in [2.24, 2.45) is 16.7 Å². The first-order chi connectivity index (χ1) is 17.8. The van der Waals surface area contributed by atoms with Gasteiger partial charge in [0.1, 0.15) is 17.3 Å². The maximum atomic E-state index is 13.8. The van der Waals surface area contributed by atoms with E-state index in [2.05, 4.69) is 4.98 Å². The van der Waals surface area contributed by atoms with Gasteiger partial charge < -0.3 is 4.42 Å². The summed E-state index contributed by atoms with van der Waals surface area (Å²) < 4.78 is 73.8. The number of carbonyl (C=O) groups excluding carboxylic acids is 1. The zero-order valence-electron chi connectivity index (χ0n) is 21.2. The highest BCUT2D eigenvalue weighted by molar-refractivity contribution is 7.89. The Labute approximate surface area is 219 Å². The van der Waals surface area contributed by atoms with Crippen LogP contribution in [0.2, 0.25) is 0 Å². The second-order valence-electron chi connectivity index (χ2n) is 11.5. The topological polar surface area (TPSA) is 80.5 Å². The molecule has 1 saturated heterocycles. The molecular weight excluding hydrogens is 517 g/mol. The number of halogens is 3. The predicted octanol–water partition coefficient (Wildman–Crippen LogP) is 6.38. The average Bonchev–Trinajstić information content (AvgIpc) is 3.59. The van der Waals surface area contributed by atoms with Crippen LogP contribution in [0.5, 0.6) is 0 Å². The van der Waals surface area contributed by atoms with Crippen molar-refractivity contribution >= 4 is 26.9 Å². The molecule has 3 atom stereocenters. The molecule has 6 nitrogen and oxygen atoms in total. The summed E-state index contributed by atoms with van der Waals surface area (Å²) >= 11 is 0. The van der Waals surface area contributed by atoms with Gasteiger partial charge in [0.2, 0.25) is 15.9 Å². The molecule has 0 N–H and O–H groups in total. The number of nitrogens with zero attached hydrogens (tertiary/aromatic N) is 2. The Morgan fingerprint density at radius 3 is 2.42 bits per heavy atom. The Bertz CT molecular complexity index is 1530. The number of ketones is 1. The van der Waals surface area contributed by atoms with Gasteiger partial charge in [-0.25, -0.2) is 13.4 Å². The summed E-state index contributed by atoms with van der Waals surface area (Å²) in [6, 6.07) is 9.51. The van der Waals surface area contributed by atoms with Crippen molar-refractivity contribution in [3.05, 3.63) is 53.9 Å². The number of Topliss-reactive ketones (excluding diaryl/α,β-unsaturated/α-hetero) is 1. The first-order valence-corrected chi connectivity index (χ1v) is 14.5. The van der Waals surface area contributed by atoms with Crippen LogP contribution < -0.4 is 0 Å². The Morgan fingerprint density at radius 2 is 1.79 bits per heavy atom. The molecule has 0 radical (unpaired) electrons. The molecule has 202 valence electrons. The number of fused-ring (bicyclic) bond motifs is 3. The molecule has 2 aliphatic carbocycles. The largest absolute Gasteiger partial charge is 0.439 e. The number of benzene rings is 2. The van der Waals surface area contributed by atoms with Crippen molar-refractivity contribution in [2.75, 3.05) is 12.3 Å². The van der Waals surface area contributed by atoms with Gasteiger partial charge in [0.15, 0.2) is 5.58 Å². The van der Waals surface area contributed by atoms with Gasteiger partial charge in [0.05, 0.1) is 11.3 Å². The lowest BCUT2D eigenvalue weighted by molar-refractivity contribution is -0.137. The van der Waals surface area contributed by atoms with E-state index >= 15 is 0 Å². The van der Waals surface area contributed by atoms with Crippen molar-refractivity contribution in [1.82, 2.24) is 9.29 Å². The molecule has 0 amide bonds. The number of sulfonamides is 1. The van der Waals surface area contributed by atoms with Crippen molar-refractivity contribution in [2.45, 2.75) is 58.2 Å². The lowest BCUT2D eigenvalue weighted by Gasteiger charge is -2.37. The van der Waals surface area contributed by atoms with Gasteiger partial charge in [0.25, 0.3) is 0 Å². The van der Waals surface area contributed by atoms with Crippen molar-refractivity contribution in [3.8, 4) is 11.1 Å². The molecule has 3 aromatic rings. The van der Waals surface area contributed by atoms with Crippen LogP contribution in [0, 0.1) is 16.7 Å². The number of carbonyl (C=O) groups is 1. The molecule has 2 bridgehead atoms. The Hall–Kier alpha value is -2.72. The number of aromatic nitrogens is 1. The molecule has 1 aliphatic heterocycles. The van der Waals surface area contributed by atoms with E-state index in [1.165, 1.54) is 16.4 Å². The Morgan fingerprint density at radius 1 is 1.08 bits per heavy atom. The molecule has 38 heavy (non-hydrogen) atoms. The maximum Gasteiger partial charge on any atom is 0.416 e. The zero-order chi connectivity index (χ0) is 27.1. The molecule has 0 unspecified atom stereocenters. The van der Waals surface area contributed by atoms with Gasteiger partial charge in [-0.3, -0.25) is 4.79 Å². The van der Waals surface area contributed by atoms with Crippen molar-refractivity contribution in [1.29, 1.82) is 0 Å². The second kappa shape index (κ2) is 8.39. The minimum Gasteiger partial charge on any atom is -0.439 e. The van der Waals surface area contributed by atoms with Crippen LogP contribution in [-0.2, 0) is 21.0 Å². The standard InChI is InChI=1S/C28H29F3N2O4S/c1-26(2)20-11-12-27(26,24(34)15-20)16-38(35,36)33-13-3-4-22(33)25-32-21-14-18(7-10-23(21)37-25)17-5-8-19(9-6-17)28(29,30)31/h5-10,14,20,22H,3-4,11-13,15-16H2,1-2H3/t20-,22-,27-/m0/s1. The first kappa shape index (κ1) is 25.6. The number of oxazole rings is 1. The van der Waals surface area contributed by atoms with Gasteiger partial charge in [-0.1, -0.05) is 32.0 Å². The normalized spacial score (nSPS) is 27.6. The zero-order valence-corrected chi connectivity index (χ0v) is 22.0. The third-order valence-corrected chi connectivity index (χ3v) is 11.4. The summed E-state index contributed by atoms with van der Waals surface area (Å²) in [5.74, 6) is 0.410. The summed E-state index contributed by atoms with van der Waals surface area (Å²) in [5, 5.41) is 0. The van der Waals surface area contributed by atoms with Gasteiger partial charge in [-0.2, -0.15) is 17.5 Å². The molecule has 3 fully saturated rings. The van der Waals surface area contributed by atoms with Crippen LogP contribution in [0.15, 0.2) is 46.9 Å². The van der Waals surface area contributed by atoms with E-state index in [4.69, 9.17) is 4.42 Å². The van der Waals surface area contributed by atoms with E-state index in [-0.39, 0.29) is 22.9 Å². The molecule has 2 heterocycles. The summed E-state index contributed by atoms with van der Waals surface area (Å²) in [7, 11) is -3.77. The van der Waals surface area contributed by atoms with Crippen molar-refractivity contribution < 1.29 is 30.8 Å². The van der Waals surface area contributed by atoms with Crippen molar-refractivity contribution in [3.63, 3.8) is 0 Å². The van der Waals surface area contributed by atoms with Crippen LogP contribution in [0.25, 0.3) is 22.2 Å². The van der Waals surface area contributed by atoms with E-state index in [9.17, 15) is 26.4 Å². The fraction of sp³-hybridized carbons (Fsp3) is 0.500. The fourth-order valence-electron chi connectivity index (χ4n) is 6.94. The molecule has 0 spiro atoms. The number of alkyl halides is 3. The molecule has 3 aliphatic rings. The molecule has 2 aromatic carbocycles. The van der Waals surface area contributed by atoms with Crippen LogP contribution in [-0.4, -0.2) is 35.8 Å². The second-order valence-corrected chi connectivity index (χ2v) is 13.4. The molecular formula is C28H29F3N2O4S. The minimum absolute atomic E-state index is 0.0655. The van der Waals surface area contributed by atoms with E-state index < -0.39 is 33.2 Å². The summed E-state index contributed by atoms with van der Waals surface area (Å²) in [4.78, 5) is 17.6. The van der Waals surface area contributed by atoms with E-state index in [1.54, 1.807) is 18.2 Å². The maximum absolute atomic E-state index is 13.8. The highest BCUT2D eigenvalue weighted by Gasteiger charge is 2.66. The lowest BCUT2D eigenvalue weighted by Crippen LogP contribution is -2.46. The molecule has 2 saturated carbocycles. The summed E-state index contributed by atoms with van der Waals surface area (Å²) in [6.45, 7) is 4.40. The first-order valence-electron chi connectivity index (χ1n) is 12.9. The monoisotopic (exact) mass is 546 g/mol. The average molecular weight is 547 g/mol. The third kappa shape index (κ3) is 3.82. The molecule has 1 aromatic heterocycles. The van der Waals surface area contributed by atoms with E-state index in [0.29, 0.717) is 60.3 Å². The highest BCUT2D eigenvalue weighted by Crippen LogP contribution is 2.64. The molecule has 10 heteroatoms. The number of hydrogen-bond acceptors (Lipinski definition) is 5. The quantitative estimate of drug-likeness (QED) is 0.371. The van der Waals surface area contributed by atoms with Gasteiger partial charge >= 0.3 is 6.18 Å². The van der Waals surface area contributed by atoms with Gasteiger partial charge in [-0.15, -0.1) is 0 Å². The number of rotatable bonds is 5. The van der Waals surface area contributed by atoms with Crippen LogP contribution in [0.3, 0.4) is 0 Å². The minimum atomic E-state index is -4.41.